The van der Waals surface area contributed by atoms with Gasteiger partial charge in [0.15, 0.2) is 0 Å². The van der Waals surface area contributed by atoms with Crippen molar-refractivity contribution in [3.8, 4) is 0 Å². The lowest BCUT2D eigenvalue weighted by Gasteiger charge is -2.03. The fourth-order valence-electron chi connectivity index (χ4n) is 0.921. The molecule has 3 nitrogen and oxygen atoms in total. The molecule has 0 aliphatic heterocycles. The Morgan fingerprint density at radius 1 is 1.46 bits per heavy atom. The lowest BCUT2D eigenvalue weighted by atomic mass is 10.1. The first-order chi connectivity index (χ1) is 6.15. The van der Waals surface area contributed by atoms with E-state index in [-0.39, 0.29) is 5.97 Å². The van der Waals surface area contributed by atoms with E-state index >= 15 is 0 Å². The predicted octanol–water partition coefficient (Wildman–Crippen LogP) is 1.67. The highest BCUT2D eigenvalue weighted by Crippen LogP contribution is 2.14. The molecular weight excluding hydrogens is 190 g/mol. The Morgan fingerprint density at radius 3 is 2.38 bits per heavy atom. The van der Waals surface area contributed by atoms with Gasteiger partial charge in [0.2, 0.25) is 0 Å². The number of carbonyl (C=O) groups excluding carboxylic acids is 1. The molecule has 1 atom stereocenters. The maximum absolute atomic E-state index is 11.0. The maximum Gasteiger partial charge on any atom is 0.337 e. The van der Waals surface area contributed by atoms with Gasteiger partial charge in [0.05, 0.1) is 12.7 Å². The summed E-state index contributed by atoms with van der Waals surface area (Å²) in [6.45, 7) is 0. The van der Waals surface area contributed by atoms with Crippen molar-refractivity contribution in [1.82, 2.24) is 0 Å². The van der Waals surface area contributed by atoms with Crippen LogP contribution >= 0.6 is 11.6 Å². The van der Waals surface area contributed by atoms with Gasteiger partial charge in [0.1, 0.15) is 5.50 Å². The van der Waals surface area contributed by atoms with Crippen molar-refractivity contribution in [2.24, 2.45) is 5.73 Å². The third-order valence-corrected chi connectivity index (χ3v) is 1.90. The minimum Gasteiger partial charge on any atom is -0.465 e. The zero-order valence-corrected chi connectivity index (χ0v) is 7.91. The van der Waals surface area contributed by atoms with Crippen molar-refractivity contribution < 1.29 is 9.53 Å². The number of hydrogen-bond donors (Lipinski definition) is 1. The number of esters is 1. The van der Waals surface area contributed by atoms with E-state index < -0.39 is 5.50 Å². The number of hydrogen-bond acceptors (Lipinski definition) is 3. The summed E-state index contributed by atoms with van der Waals surface area (Å²) >= 11 is 5.63. The summed E-state index contributed by atoms with van der Waals surface area (Å²) in [4.78, 5) is 11.0. The molecule has 70 valence electrons. The molecule has 0 saturated carbocycles. The number of nitrogens with two attached hydrogens (primary N) is 1. The van der Waals surface area contributed by atoms with Gasteiger partial charge in [-0.05, 0) is 17.7 Å². The first kappa shape index (κ1) is 10.0. The van der Waals surface area contributed by atoms with Gasteiger partial charge in [-0.25, -0.2) is 4.79 Å². The molecule has 0 aromatic heterocycles. The first-order valence-electron chi connectivity index (χ1n) is 3.73. The summed E-state index contributed by atoms with van der Waals surface area (Å²) < 4.78 is 4.53. The second-order valence-corrected chi connectivity index (χ2v) is 2.99. The number of halogens is 1. The topological polar surface area (TPSA) is 52.3 Å². The van der Waals surface area contributed by atoms with Crippen LogP contribution in [-0.2, 0) is 4.74 Å². The van der Waals surface area contributed by atoms with Crippen molar-refractivity contribution in [2.45, 2.75) is 5.50 Å². The molecule has 13 heavy (non-hydrogen) atoms. The lowest BCUT2D eigenvalue weighted by Crippen LogP contribution is -2.04. The van der Waals surface area contributed by atoms with Crippen LogP contribution in [0.3, 0.4) is 0 Å². The third-order valence-electron chi connectivity index (χ3n) is 1.65. The summed E-state index contributed by atoms with van der Waals surface area (Å²) in [7, 11) is 1.34. The largest absolute Gasteiger partial charge is 0.465 e. The smallest absolute Gasteiger partial charge is 0.337 e. The van der Waals surface area contributed by atoms with Crippen LogP contribution in [0, 0.1) is 0 Å². The molecule has 0 amide bonds. The molecule has 1 aromatic carbocycles. The maximum atomic E-state index is 11.0. The monoisotopic (exact) mass is 199 g/mol. The summed E-state index contributed by atoms with van der Waals surface area (Å²) in [5, 5.41) is 0. The summed E-state index contributed by atoms with van der Waals surface area (Å²) in [6.07, 6.45) is 0. The molecular formula is C9H10ClNO2. The molecule has 0 fully saturated rings. The van der Waals surface area contributed by atoms with E-state index in [9.17, 15) is 4.79 Å². The fourth-order valence-corrected chi connectivity index (χ4v) is 1.07. The van der Waals surface area contributed by atoms with Gasteiger partial charge in [-0.15, -0.1) is 11.6 Å². The highest BCUT2D eigenvalue weighted by Gasteiger charge is 2.06. The van der Waals surface area contributed by atoms with E-state index in [0.29, 0.717) is 5.56 Å². The minimum atomic E-state index is -0.535. The average molecular weight is 200 g/mol. The number of methoxy groups -OCH3 is 1. The minimum absolute atomic E-state index is 0.366. The van der Waals surface area contributed by atoms with Gasteiger partial charge >= 0.3 is 5.97 Å². The Balaban J connectivity index is 2.87. The van der Waals surface area contributed by atoms with E-state index in [0.717, 1.165) is 5.56 Å². The summed E-state index contributed by atoms with van der Waals surface area (Å²) in [6, 6.07) is 6.65. The van der Waals surface area contributed by atoms with Crippen LogP contribution in [0.4, 0.5) is 0 Å². The van der Waals surface area contributed by atoms with E-state index in [1.165, 1.54) is 7.11 Å². The lowest BCUT2D eigenvalue weighted by molar-refractivity contribution is 0.0600. The number of ether oxygens (including phenoxy) is 1. The highest BCUT2D eigenvalue weighted by molar-refractivity contribution is 6.20. The standard InChI is InChI=1S/C9H10ClNO2/c1-13-9(12)7-4-2-6(3-5-7)8(10)11/h2-5,8H,11H2,1H3. The molecule has 0 bridgehead atoms. The number of alkyl halides is 1. The van der Waals surface area contributed by atoms with Gasteiger partial charge in [-0.1, -0.05) is 12.1 Å². The third kappa shape index (κ3) is 2.44. The molecule has 0 aliphatic carbocycles. The SMILES string of the molecule is COC(=O)c1ccc(C(N)Cl)cc1. The number of carbonyl (C=O) groups is 1. The van der Waals surface area contributed by atoms with Crippen molar-refractivity contribution in [1.29, 1.82) is 0 Å². The second kappa shape index (κ2) is 4.25. The Hall–Kier alpha value is -1.06. The van der Waals surface area contributed by atoms with Gasteiger partial charge < -0.3 is 10.5 Å². The van der Waals surface area contributed by atoms with Crippen LogP contribution in [0.25, 0.3) is 0 Å². The Kier molecular flexibility index (Phi) is 3.28. The van der Waals surface area contributed by atoms with Gasteiger partial charge in [-0.2, -0.15) is 0 Å². The van der Waals surface area contributed by atoms with Gasteiger partial charge in [0.25, 0.3) is 0 Å². The average Bonchev–Trinajstić information content (AvgIpc) is 2.17. The molecule has 1 rings (SSSR count). The molecule has 0 spiro atoms. The highest BCUT2D eigenvalue weighted by atomic mass is 35.5. The van der Waals surface area contributed by atoms with Gasteiger partial charge in [0, 0.05) is 0 Å². The van der Waals surface area contributed by atoms with Gasteiger partial charge in [-0.3, -0.25) is 0 Å². The molecule has 0 heterocycles. The predicted molar refractivity (Wildman–Crippen MR) is 50.6 cm³/mol. The summed E-state index contributed by atoms with van der Waals surface area (Å²) in [5.74, 6) is -0.366. The Bertz CT molecular complexity index is 295. The van der Waals surface area contributed by atoms with Crippen LogP contribution in [0.5, 0.6) is 0 Å². The zero-order valence-electron chi connectivity index (χ0n) is 7.16. The van der Waals surface area contributed by atoms with Crippen molar-refractivity contribution in [3.05, 3.63) is 35.4 Å². The fraction of sp³-hybridized carbons (Fsp3) is 0.222. The quantitative estimate of drug-likeness (QED) is 0.448. The van der Waals surface area contributed by atoms with E-state index in [4.69, 9.17) is 17.3 Å². The van der Waals surface area contributed by atoms with Crippen molar-refractivity contribution >= 4 is 17.6 Å². The van der Waals surface area contributed by atoms with E-state index in [1.807, 2.05) is 0 Å². The van der Waals surface area contributed by atoms with Crippen LogP contribution in [0.15, 0.2) is 24.3 Å². The second-order valence-electron chi connectivity index (χ2n) is 2.52. The normalized spacial score (nSPS) is 12.2. The number of benzene rings is 1. The molecule has 2 N–H and O–H groups in total. The molecule has 1 aromatic rings. The molecule has 0 aliphatic rings. The van der Waals surface area contributed by atoms with Crippen LogP contribution in [-0.4, -0.2) is 13.1 Å². The van der Waals surface area contributed by atoms with E-state index in [1.54, 1.807) is 24.3 Å². The van der Waals surface area contributed by atoms with Crippen molar-refractivity contribution in [2.75, 3.05) is 7.11 Å². The zero-order chi connectivity index (χ0) is 9.84. The van der Waals surface area contributed by atoms with Crippen LogP contribution < -0.4 is 5.73 Å². The van der Waals surface area contributed by atoms with Crippen LogP contribution in [0.2, 0.25) is 0 Å². The first-order valence-corrected chi connectivity index (χ1v) is 4.16. The van der Waals surface area contributed by atoms with Crippen molar-refractivity contribution in [3.63, 3.8) is 0 Å². The Labute approximate surface area is 81.4 Å². The molecule has 0 saturated heterocycles. The van der Waals surface area contributed by atoms with Crippen LogP contribution in [0.1, 0.15) is 21.4 Å². The molecule has 1 unspecified atom stereocenters. The molecule has 4 heteroatoms. The number of rotatable bonds is 2. The molecule has 0 radical (unpaired) electrons. The van der Waals surface area contributed by atoms with E-state index in [2.05, 4.69) is 4.74 Å². The summed E-state index contributed by atoms with van der Waals surface area (Å²) in [5.41, 5.74) is 6.15. The Morgan fingerprint density at radius 2 is 2.00 bits per heavy atom.